The molecule has 1 aliphatic heterocycles. The van der Waals surface area contributed by atoms with E-state index in [1.165, 1.54) is 77.3 Å². The van der Waals surface area contributed by atoms with Gasteiger partial charge in [0.1, 0.15) is 0 Å². The van der Waals surface area contributed by atoms with Gasteiger partial charge < -0.3 is 12.4 Å². The van der Waals surface area contributed by atoms with Gasteiger partial charge in [-0.2, -0.15) is 0 Å². The van der Waals surface area contributed by atoms with Crippen LogP contribution in [0.15, 0.2) is 24.3 Å². The summed E-state index contributed by atoms with van der Waals surface area (Å²) in [7, 11) is 8.26. The Hall–Kier alpha value is 0.911. The first-order chi connectivity index (χ1) is 13.5. The molecule has 1 saturated heterocycles. The van der Waals surface area contributed by atoms with Crippen LogP contribution in [-0.4, -0.2) is 38.3 Å². The molecule has 0 radical (unpaired) electrons. The van der Waals surface area contributed by atoms with Gasteiger partial charge >= 0.3 is 35.6 Å². The number of hydrogen-bond acceptors (Lipinski definition) is 1. The first-order valence-corrected chi connectivity index (χ1v) is 18.6. The fourth-order valence-electron chi connectivity index (χ4n) is 6.15. The van der Waals surface area contributed by atoms with Crippen molar-refractivity contribution in [2.24, 2.45) is 5.41 Å². The molecule has 3 fully saturated rings. The molecule has 29 heavy (non-hydrogen) atoms. The molecular formula is C23H40Cl2N2SiTi-2. The topological polar surface area (TPSA) is 17.3 Å². The second kappa shape index (κ2) is 12.2. The van der Waals surface area contributed by atoms with Crippen LogP contribution >= 0.6 is 18.6 Å². The Bertz CT molecular complexity index is 545. The quantitative estimate of drug-likeness (QED) is 0.289. The maximum atomic E-state index is 5.57. The van der Waals surface area contributed by atoms with Crippen LogP contribution in [0.2, 0.25) is 18.6 Å². The molecular weight excluding hydrogens is 451 g/mol. The number of allylic oxidation sites excluding steroid dienone is 3. The van der Waals surface area contributed by atoms with Crippen molar-refractivity contribution in [3.05, 3.63) is 36.7 Å². The Morgan fingerprint density at radius 1 is 1.03 bits per heavy atom. The van der Waals surface area contributed by atoms with Gasteiger partial charge in [0, 0.05) is 11.5 Å². The second-order valence-corrected chi connectivity index (χ2v) is 16.7. The summed E-state index contributed by atoms with van der Waals surface area (Å²) in [4.78, 5) is 8.41. The zero-order valence-electron chi connectivity index (χ0n) is 18.7. The predicted octanol–water partition coefficient (Wildman–Crippen LogP) is 7.86. The van der Waals surface area contributed by atoms with Gasteiger partial charge in [-0.15, -0.1) is 6.04 Å². The molecule has 0 aromatic rings. The molecule has 0 N–H and O–H groups in total. The van der Waals surface area contributed by atoms with E-state index in [1.54, 1.807) is 0 Å². The summed E-state index contributed by atoms with van der Waals surface area (Å²) in [5.41, 5.74) is 1.28. The second-order valence-electron chi connectivity index (χ2n) is 9.77. The normalized spacial score (nSPS) is 32.7. The first kappa shape index (κ1) is 26.2. The van der Waals surface area contributed by atoms with Gasteiger partial charge in [0.2, 0.25) is 0 Å². The van der Waals surface area contributed by atoms with E-state index in [4.69, 9.17) is 23.6 Å². The third-order valence-corrected chi connectivity index (χ3v) is 11.1. The molecule has 4 rings (SSSR count). The van der Waals surface area contributed by atoms with Crippen molar-refractivity contribution in [3.8, 4) is 0 Å². The van der Waals surface area contributed by atoms with E-state index in [-0.39, 0.29) is 7.43 Å². The average molecular weight is 491 g/mol. The standard InChI is InChI=1S/C22H37N2Si.CH3.2ClH.Ti/c1-25(2,23-19-11-5-3-6-12-19)20-17-21(24-15-9-10-16-24)22(18-20)13-7-4-8-14-22;;;;/h4,7-8,13,19-21H,3,5-6,9-12,14-18H2,1-2H3;1H3;2*1H;/q2*-1;;;+2/p-2. The molecule has 0 bridgehead atoms. The van der Waals surface area contributed by atoms with Gasteiger partial charge in [-0.1, -0.05) is 83.3 Å². The summed E-state index contributed by atoms with van der Waals surface area (Å²) in [6, 6.07) is 1.47. The summed E-state index contributed by atoms with van der Waals surface area (Å²) >= 11 is -0.556. The molecule has 3 aliphatic carbocycles. The van der Waals surface area contributed by atoms with E-state index < -0.39 is 25.3 Å². The van der Waals surface area contributed by atoms with Gasteiger partial charge in [0.05, 0.1) is 0 Å². The summed E-state index contributed by atoms with van der Waals surface area (Å²) in [5, 5.41) is 0. The Morgan fingerprint density at radius 2 is 1.69 bits per heavy atom. The Morgan fingerprint density at radius 3 is 2.28 bits per heavy atom. The average Bonchev–Trinajstić information content (AvgIpc) is 3.32. The molecule has 3 atom stereocenters. The van der Waals surface area contributed by atoms with Crippen molar-refractivity contribution in [1.29, 1.82) is 0 Å². The molecule has 0 aromatic carbocycles. The van der Waals surface area contributed by atoms with Crippen LogP contribution in [0, 0.1) is 12.8 Å². The Labute approximate surface area is 198 Å². The minimum atomic E-state index is -1.52. The fraction of sp³-hybridized carbons (Fsp3) is 0.783. The van der Waals surface area contributed by atoms with E-state index in [0.717, 1.165) is 11.6 Å². The van der Waals surface area contributed by atoms with Crippen molar-refractivity contribution >= 4 is 26.8 Å². The molecule has 1 spiro atoms. The van der Waals surface area contributed by atoms with Crippen LogP contribution in [0.5, 0.6) is 0 Å². The van der Waals surface area contributed by atoms with E-state index >= 15 is 0 Å². The molecule has 0 amide bonds. The molecule has 3 unspecified atom stereocenters. The number of rotatable bonds is 4. The van der Waals surface area contributed by atoms with Gasteiger partial charge in [-0.05, 0) is 45.2 Å². The molecule has 1 heterocycles. The number of likely N-dealkylation sites (tertiary alicyclic amines) is 1. The third-order valence-electron chi connectivity index (χ3n) is 7.64. The van der Waals surface area contributed by atoms with Gasteiger partial charge in [-0.25, -0.2) is 0 Å². The number of nitrogens with zero attached hydrogens (tertiary/aromatic N) is 2. The first-order valence-electron chi connectivity index (χ1n) is 11.3. The predicted molar refractivity (Wildman–Crippen MR) is 129 cm³/mol. The molecule has 4 aliphatic rings. The van der Waals surface area contributed by atoms with Crippen LogP contribution in [-0.2, 0) is 17.0 Å². The van der Waals surface area contributed by atoms with Crippen molar-refractivity contribution in [1.82, 2.24) is 4.90 Å². The van der Waals surface area contributed by atoms with Crippen molar-refractivity contribution in [3.63, 3.8) is 0 Å². The zero-order chi connectivity index (χ0) is 20.0. The minimum absolute atomic E-state index is 0. The molecule has 2 nitrogen and oxygen atoms in total. The molecule has 0 aromatic heterocycles. The SMILES string of the molecule is C[Si](C)([N-]C1CCCCC1)C1CC(N2CCCC2)C2(C=CC=CC2)C1.[CH3-].[Cl][Ti][Cl]. The van der Waals surface area contributed by atoms with E-state index in [9.17, 15) is 0 Å². The summed E-state index contributed by atoms with van der Waals surface area (Å²) < 4.78 is 0. The molecule has 166 valence electrons. The van der Waals surface area contributed by atoms with Crippen molar-refractivity contribution in [2.45, 2.75) is 94.9 Å². The Kier molecular flexibility index (Phi) is 11.0. The summed E-state index contributed by atoms with van der Waals surface area (Å²) in [6.45, 7) is 7.82. The van der Waals surface area contributed by atoms with E-state index in [1.807, 2.05) is 0 Å². The van der Waals surface area contributed by atoms with Crippen LogP contribution in [0.4, 0.5) is 0 Å². The monoisotopic (exact) mass is 490 g/mol. The van der Waals surface area contributed by atoms with Crippen LogP contribution in [0.25, 0.3) is 4.98 Å². The zero-order valence-corrected chi connectivity index (χ0v) is 22.8. The molecule has 6 heteroatoms. The maximum absolute atomic E-state index is 5.57. The van der Waals surface area contributed by atoms with Gasteiger partial charge in [0.15, 0.2) is 0 Å². The number of hydrogen-bond donors (Lipinski definition) is 0. The van der Waals surface area contributed by atoms with Crippen LogP contribution in [0.1, 0.15) is 64.2 Å². The van der Waals surface area contributed by atoms with Crippen molar-refractivity contribution < 1.29 is 17.0 Å². The Balaban J connectivity index is 0.000000708. The fourth-order valence-corrected chi connectivity index (χ4v) is 9.24. The molecule has 2 saturated carbocycles. The van der Waals surface area contributed by atoms with Crippen LogP contribution in [0.3, 0.4) is 0 Å². The van der Waals surface area contributed by atoms with Gasteiger partial charge in [0.25, 0.3) is 0 Å². The summed E-state index contributed by atoms with van der Waals surface area (Å²) in [5.74, 6) is 0. The third kappa shape index (κ3) is 6.70. The van der Waals surface area contributed by atoms with Crippen LogP contribution < -0.4 is 0 Å². The van der Waals surface area contributed by atoms with Gasteiger partial charge in [-0.3, -0.25) is 4.90 Å². The number of halogens is 2. The summed E-state index contributed by atoms with van der Waals surface area (Å²) in [6.07, 6.45) is 23.5. The van der Waals surface area contributed by atoms with E-state index in [0.29, 0.717) is 11.5 Å². The van der Waals surface area contributed by atoms with E-state index in [2.05, 4.69) is 42.3 Å². The van der Waals surface area contributed by atoms with Crippen molar-refractivity contribution in [2.75, 3.05) is 13.1 Å².